The molecule has 0 saturated carbocycles. The van der Waals surface area contributed by atoms with Gasteiger partial charge in [0.1, 0.15) is 5.69 Å². The van der Waals surface area contributed by atoms with Crippen LogP contribution in [-0.4, -0.2) is 47.4 Å². The fourth-order valence-electron chi connectivity index (χ4n) is 3.03. The van der Waals surface area contributed by atoms with Gasteiger partial charge in [-0.2, -0.15) is 0 Å². The van der Waals surface area contributed by atoms with Crippen molar-refractivity contribution >= 4 is 11.6 Å². The number of amides is 1. The molecular weight excluding hydrogens is 304 g/mol. The predicted molar refractivity (Wildman–Crippen MR) is 96.9 cm³/mol. The topological polar surface area (TPSA) is 50.5 Å². The van der Waals surface area contributed by atoms with Crippen LogP contribution in [0.15, 0.2) is 35.1 Å². The molecule has 0 aliphatic carbocycles. The number of para-hydroxylation sites is 1. The second kappa shape index (κ2) is 7.05. The summed E-state index contributed by atoms with van der Waals surface area (Å²) in [4.78, 5) is 29.2. The van der Waals surface area contributed by atoms with E-state index in [1.807, 2.05) is 70.2 Å². The molecule has 0 aliphatic rings. The average Bonchev–Trinajstić information content (AvgIpc) is 2.77. The molecule has 1 aromatic carbocycles. The summed E-state index contributed by atoms with van der Waals surface area (Å²) in [6, 6.07) is 9.18. The summed E-state index contributed by atoms with van der Waals surface area (Å²) in [5, 5.41) is 0. The Bertz CT molecular complexity index is 774. The van der Waals surface area contributed by atoms with Crippen LogP contribution in [0.1, 0.15) is 19.0 Å². The maximum atomic E-state index is 13.0. The van der Waals surface area contributed by atoms with Gasteiger partial charge in [-0.1, -0.05) is 25.1 Å². The summed E-state index contributed by atoms with van der Waals surface area (Å²) in [6.45, 7) is 3.83. The van der Waals surface area contributed by atoms with Crippen LogP contribution in [0.25, 0.3) is 5.69 Å². The fraction of sp³-hybridized carbons (Fsp3) is 0.444. The van der Waals surface area contributed by atoms with Crippen LogP contribution in [-0.2, 0) is 11.8 Å². The molecule has 0 fully saturated rings. The van der Waals surface area contributed by atoms with E-state index in [0.29, 0.717) is 12.1 Å². The van der Waals surface area contributed by atoms with E-state index in [1.54, 1.807) is 16.4 Å². The third-order valence-electron chi connectivity index (χ3n) is 4.48. The van der Waals surface area contributed by atoms with Gasteiger partial charge >= 0.3 is 0 Å². The van der Waals surface area contributed by atoms with Crippen LogP contribution in [0.5, 0.6) is 0 Å². The zero-order valence-corrected chi connectivity index (χ0v) is 15.3. The summed E-state index contributed by atoms with van der Waals surface area (Å²) < 4.78 is 3.37. The highest BCUT2D eigenvalue weighted by molar-refractivity contribution is 5.97. The average molecular weight is 330 g/mol. The summed E-state index contributed by atoms with van der Waals surface area (Å²) in [7, 11) is 7.25. The van der Waals surface area contributed by atoms with Gasteiger partial charge in [-0.3, -0.25) is 19.2 Å². The molecule has 2 aromatic rings. The van der Waals surface area contributed by atoms with Crippen molar-refractivity contribution in [2.45, 2.75) is 26.3 Å². The second-order valence-electron chi connectivity index (χ2n) is 6.20. The summed E-state index contributed by atoms with van der Waals surface area (Å²) >= 11 is 0. The number of carbonyl (C=O) groups is 1. The van der Waals surface area contributed by atoms with Gasteiger partial charge in [0.15, 0.2) is 0 Å². The van der Waals surface area contributed by atoms with Crippen LogP contribution in [0.3, 0.4) is 0 Å². The van der Waals surface area contributed by atoms with E-state index in [2.05, 4.69) is 0 Å². The van der Waals surface area contributed by atoms with E-state index < -0.39 is 0 Å². The van der Waals surface area contributed by atoms with Gasteiger partial charge in [-0.05, 0) is 39.6 Å². The number of nitrogens with zero attached hydrogens (tertiary/aromatic N) is 4. The molecule has 0 N–H and O–H groups in total. The smallest absolute Gasteiger partial charge is 0.295 e. The van der Waals surface area contributed by atoms with E-state index >= 15 is 0 Å². The Kier molecular flexibility index (Phi) is 5.29. The minimum absolute atomic E-state index is 0.0755. The highest BCUT2D eigenvalue weighted by Crippen LogP contribution is 2.19. The molecule has 0 radical (unpaired) electrons. The quantitative estimate of drug-likeness (QED) is 0.840. The minimum Gasteiger partial charge on any atom is -0.308 e. The molecule has 6 heteroatoms. The first-order chi connectivity index (χ1) is 11.3. The van der Waals surface area contributed by atoms with Crippen LogP contribution < -0.4 is 10.5 Å². The Morgan fingerprint density at radius 2 is 1.75 bits per heavy atom. The molecule has 1 unspecified atom stereocenters. The van der Waals surface area contributed by atoms with Crippen LogP contribution >= 0.6 is 0 Å². The van der Waals surface area contributed by atoms with Gasteiger partial charge < -0.3 is 4.90 Å². The normalized spacial score (nSPS) is 12.5. The third kappa shape index (κ3) is 3.01. The Balaban J connectivity index is 2.53. The molecular formula is C18H26N4O2. The molecule has 0 spiro atoms. The van der Waals surface area contributed by atoms with Crippen LogP contribution in [0.2, 0.25) is 0 Å². The molecule has 0 bridgehead atoms. The first-order valence-electron chi connectivity index (χ1n) is 8.09. The minimum atomic E-state index is -0.251. The standard InChI is InChI=1S/C18H26N4O2/c1-7-15(19(3)4)17(23)20(5)16-13(2)21(6)22(18(16)24)14-11-9-8-10-12-14/h8-12,15H,7H2,1-6H3. The number of hydrogen-bond donors (Lipinski definition) is 0. The SMILES string of the molecule is CCC(C(=O)N(C)c1c(C)n(C)n(-c2ccccc2)c1=O)N(C)C. The molecule has 0 aliphatic heterocycles. The van der Waals surface area contributed by atoms with Crippen molar-refractivity contribution in [1.29, 1.82) is 0 Å². The molecule has 130 valence electrons. The van der Waals surface area contributed by atoms with E-state index in [4.69, 9.17) is 0 Å². The van der Waals surface area contributed by atoms with Crippen LogP contribution in [0, 0.1) is 6.92 Å². The van der Waals surface area contributed by atoms with E-state index in [0.717, 1.165) is 11.4 Å². The lowest BCUT2D eigenvalue weighted by atomic mass is 10.1. The summed E-state index contributed by atoms with van der Waals surface area (Å²) in [5.74, 6) is -0.0755. The number of benzene rings is 1. The molecule has 1 amide bonds. The lowest BCUT2D eigenvalue weighted by Crippen LogP contribution is -2.45. The van der Waals surface area contributed by atoms with E-state index in [1.165, 1.54) is 4.90 Å². The predicted octanol–water partition coefficient (Wildman–Crippen LogP) is 1.79. The van der Waals surface area contributed by atoms with Crippen molar-refractivity contribution in [2.75, 3.05) is 26.0 Å². The van der Waals surface area contributed by atoms with Crippen molar-refractivity contribution < 1.29 is 4.79 Å². The van der Waals surface area contributed by atoms with Gasteiger partial charge in [0.05, 0.1) is 17.4 Å². The number of rotatable bonds is 5. The van der Waals surface area contributed by atoms with Crippen molar-refractivity contribution in [3.63, 3.8) is 0 Å². The van der Waals surface area contributed by atoms with Crippen molar-refractivity contribution in [3.8, 4) is 5.69 Å². The number of carbonyl (C=O) groups excluding carboxylic acids is 1. The fourth-order valence-corrected chi connectivity index (χ4v) is 3.03. The maximum absolute atomic E-state index is 13.0. The Morgan fingerprint density at radius 1 is 1.17 bits per heavy atom. The van der Waals surface area contributed by atoms with E-state index in [-0.39, 0.29) is 17.5 Å². The molecule has 24 heavy (non-hydrogen) atoms. The second-order valence-corrected chi connectivity index (χ2v) is 6.20. The summed E-state index contributed by atoms with van der Waals surface area (Å²) in [6.07, 6.45) is 0.689. The zero-order valence-electron chi connectivity index (χ0n) is 15.3. The molecule has 0 saturated heterocycles. The highest BCUT2D eigenvalue weighted by Gasteiger charge is 2.28. The highest BCUT2D eigenvalue weighted by atomic mass is 16.2. The first kappa shape index (κ1) is 18.0. The monoisotopic (exact) mass is 330 g/mol. The zero-order chi connectivity index (χ0) is 18.0. The number of hydrogen-bond acceptors (Lipinski definition) is 3. The molecule has 1 heterocycles. The first-order valence-corrected chi connectivity index (χ1v) is 8.09. The largest absolute Gasteiger partial charge is 0.308 e. The molecule has 2 rings (SSSR count). The lowest BCUT2D eigenvalue weighted by molar-refractivity contribution is -0.122. The molecule has 6 nitrogen and oxygen atoms in total. The molecule has 1 aromatic heterocycles. The Morgan fingerprint density at radius 3 is 2.25 bits per heavy atom. The van der Waals surface area contributed by atoms with Gasteiger partial charge in [-0.25, -0.2) is 4.68 Å². The summed E-state index contributed by atoms with van der Waals surface area (Å²) in [5.41, 5.74) is 1.77. The lowest BCUT2D eigenvalue weighted by Gasteiger charge is -2.26. The van der Waals surface area contributed by atoms with Gasteiger partial charge in [0.25, 0.3) is 5.56 Å². The van der Waals surface area contributed by atoms with Gasteiger partial charge in [0, 0.05) is 14.1 Å². The van der Waals surface area contributed by atoms with Crippen LogP contribution in [0.4, 0.5) is 5.69 Å². The van der Waals surface area contributed by atoms with E-state index in [9.17, 15) is 9.59 Å². The third-order valence-corrected chi connectivity index (χ3v) is 4.48. The van der Waals surface area contributed by atoms with Crippen molar-refractivity contribution in [1.82, 2.24) is 14.3 Å². The van der Waals surface area contributed by atoms with Crippen molar-refractivity contribution in [2.24, 2.45) is 7.05 Å². The Labute approximate surface area is 142 Å². The number of anilines is 1. The molecule has 1 atom stereocenters. The van der Waals surface area contributed by atoms with Gasteiger partial charge in [0.2, 0.25) is 5.91 Å². The van der Waals surface area contributed by atoms with Gasteiger partial charge in [-0.15, -0.1) is 0 Å². The maximum Gasteiger partial charge on any atom is 0.295 e. The number of aromatic nitrogens is 2. The van der Waals surface area contributed by atoms with Crippen molar-refractivity contribution in [3.05, 3.63) is 46.4 Å². The Hall–Kier alpha value is -2.34. The number of likely N-dealkylation sites (N-methyl/N-ethyl adjacent to an activating group) is 2.